The highest BCUT2D eigenvalue weighted by Gasteiger charge is 2.06. The zero-order chi connectivity index (χ0) is 8.43. The topological polar surface area (TPSA) is 17.1 Å². The summed E-state index contributed by atoms with van der Waals surface area (Å²) in [7, 11) is -0.837. The van der Waals surface area contributed by atoms with E-state index < -0.39 is 10.8 Å². The lowest BCUT2D eigenvalue weighted by molar-refractivity contribution is 0.688. The van der Waals surface area contributed by atoms with Crippen LogP contribution in [0.15, 0.2) is 10.3 Å². The minimum Gasteiger partial charge on any atom is -0.254 e. The van der Waals surface area contributed by atoms with Crippen molar-refractivity contribution in [2.75, 3.05) is 6.26 Å². The van der Waals surface area contributed by atoms with Gasteiger partial charge in [0.1, 0.15) is 0 Å². The number of thiol groups is 1. The largest absolute Gasteiger partial charge is 0.254 e. The molecule has 1 heterocycles. The highest BCUT2D eigenvalue weighted by atomic mass is 32.2. The molecule has 0 spiro atoms. The van der Waals surface area contributed by atoms with E-state index in [0.29, 0.717) is 0 Å². The van der Waals surface area contributed by atoms with Gasteiger partial charge in [0.05, 0.1) is 15.0 Å². The van der Waals surface area contributed by atoms with E-state index in [1.807, 2.05) is 6.92 Å². The van der Waals surface area contributed by atoms with Crippen LogP contribution in [0.4, 0.5) is 0 Å². The molecule has 0 aromatic carbocycles. The van der Waals surface area contributed by atoms with Crippen molar-refractivity contribution < 1.29 is 4.21 Å². The fraction of sp³-hybridized carbons (Fsp3) is 0.429. The molecule has 62 valence electrons. The van der Waals surface area contributed by atoms with Crippen LogP contribution in [0.25, 0.3) is 0 Å². The lowest BCUT2D eigenvalue weighted by Crippen LogP contribution is -1.83. The molecule has 1 nitrogen and oxygen atoms in total. The second-order valence-electron chi connectivity index (χ2n) is 2.30. The molecule has 0 fully saturated rings. The Morgan fingerprint density at radius 3 is 2.64 bits per heavy atom. The van der Waals surface area contributed by atoms with E-state index in [-0.39, 0.29) is 0 Å². The van der Waals surface area contributed by atoms with E-state index >= 15 is 0 Å². The Morgan fingerprint density at radius 1 is 1.73 bits per heavy atom. The normalized spacial score (nSPS) is 13.4. The minimum atomic E-state index is -0.837. The van der Waals surface area contributed by atoms with Crippen LogP contribution in [-0.2, 0) is 16.6 Å². The molecule has 0 N–H and O–H groups in total. The molecule has 1 aromatic rings. The molecule has 0 saturated heterocycles. The Balaban J connectivity index is 3.07. The van der Waals surface area contributed by atoms with Crippen LogP contribution in [0.1, 0.15) is 10.4 Å². The molecular weight excluding hydrogens is 196 g/mol. The third kappa shape index (κ3) is 2.07. The van der Waals surface area contributed by atoms with E-state index in [9.17, 15) is 4.21 Å². The standard InChI is InChI=1S/C7H10OS3/c1-5-3-6(4-9)10-7(5)11(2)8/h3,9H,4H2,1-2H3. The Morgan fingerprint density at radius 2 is 2.36 bits per heavy atom. The second kappa shape index (κ2) is 3.74. The van der Waals surface area contributed by atoms with E-state index in [0.717, 1.165) is 15.5 Å². The first-order valence-electron chi connectivity index (χ1n) is 3.18. The van der Waals surface area contributed by atoms with Gasteiger partial charge in [-0.2, -0.15) is 12.6 Å². The third-order valence-corrected chi connectivity index (χ3v) is 4.72. The highest BCUT2D eigenvalue weighted by molar-refractivity contribution is 7.86. The van der Waals surface area contributed by atoms with Gasteiger partial charge in [-0.25, -0.2) is 0 Å². The number of thiophene rings is 1. The van der Waals surface area contributed by atoms with Crippen LogP contribution in [-0.4, -0.2) is 10.5 Å². The maximum Gasteiger partial charge on any atom is 0.0939 e. The van der Waals surface area contributed by atoms with Gasteiger partial charge in [-0.1, -0.05) is 0 Å². The summed E-state index contributed by atoms with van der Waals surface area (Å²) >= 11 is 5.74. The van der Waals surface area contributed by atoms with Gasteiger partial charge in [0.15, 0.2) is 0 Å². The molecule has 0 bridgehead atoms. The summed E-state index contributed by atoms with van der Waals surface area (Å²) in [5.41, 5.74) is 1.12. The van der Waals surface area contributed by atoms with Crippen LogP contribution in [0.2, 0.25) is 0 Å². The van der Waals surface area contributed by atoms with Crippen molar-refractivity contribution in [1.82, 2.24) is 0 Å². The Labute approximate surface area is 78.7 Å². The van der Waals surface area contributed by atoms with Gasteiger partial charge in [0.2, 0.25) is 0 Å². The molecule has 0 aliphatic carbocycles. The van der Waals surface area contributed by atoms with E-state index in [1.54, 1.807) is 17.6 Å². The van der Waals surface area contributed by atoms with Crippen molar-refractivity contribution in [2.45, 2.75) is 16.9 Å². The van der Waals surface area contributed by atoms with Crippen LogP contribution in [0.5, 0.6) is 0 Å². The summed E-state index contributed by atoms with van der Waals surface area (Å²) in [4.78, 5) is 1.19. The smallest absolute Gasteiger partial charge is 0.0939 e. The first-order chi connectivity index (χ1) is 5.15. The van der Waals surface area contributed by atoms with Crippen LogP contribution in [0, 0.1) is 6.92 Å². The summed E-state index contributed by atoms with van der Waals surface area (Å²) in [5, 5.41) is 0. The monoisotopic (exact) mass is 206 g/mol. The summed E-state index contributed by atoms with van der Waals surface area (Å²) in [6, 6.07) is 2.05. The molecule has 1 atom stereocenters. The maximum absolute atomic E-state index is 11.1. The lowest BCUT2D eigenvalue weighted by atomic mass is 10.3. The van der Waals surface area contributed by atoms with Crippen molar-refractivity contribution >= 4 is 34.8 Å². The highest BCUT2D eigenvalue weighted by Crippen LogP contribution is 2.25. The molecule has 1 rings (SSSR count). The maximum atomic E-state index is 11.1. The first-order valence-corrected chi connectivity index (χ1v) is 6.19. The molecular formula is C7H10OS3. The number of aryl methyl sites for hydroxylation is 1. The van der Waals surface area contributed by atoms with E-state index in [4.69, 9.17) is 0 Å². The lowest BCUT2D eigenvalue weighted by Gasteiger charge is -1.89. The Hall–Kier alpha value is 0.200. The van der Waals surface area contributed by atoms with E-state index in [1.165, 1.54) is 4.88 Å². The van der Waals surface area contributed by atoms with Crippen molar-refractivity contribution in [3.8, 4) is 0 Å². The van der Waals surface area contributed by atoms with E-state index in [2.05, 4.69) is 18.7 Å². The predicted octanol–water partition coefficient (Wildman–Crippen LogP) is 2.22. The van der Waals surface area contributed by atoms with Crippen molar-refractivity contribution in [3.63, 3.8) is 0 Å². The molecule has 0 amide bonds. The zero-order valence-corrected chi connectivity index (χ0v) is 8.98. The Bertz CT molecular complexity index is 277. The number of hydrogen-bond acceptors (Lipinski definition) is 3. The minimum absolute atomic E-state index is 0.739. The Kier molecular flexibility index (Phi) is 3.16. The third-order valence-electron chi connectivity index (χ3n) is 1.34. The molecule has 1 aromatic heterocycles. The summed E-state index contributed by atoms with van der Waals surface area (Å²) in [5.74, 6) is 0.739. The molecule has 0 saturated carbocycles. The first kappa shape index (κ1) is 9.29. The van der Waals surface area contributed by atoms with Gasteiger partial charge in [0.25, 0.3) is 0 Å². The molecule has 4 heteroatoms. The van der Waals surface area contributed by atoms with Crippen LogP contribution in [0.3, 0.4) is 0 Å². The SMILES string of the molecule is Cc1cc(CS)sc1S(C)=O. The van der Waals surface area contributed by atoms with Crippen molar-refractivity contribution in [1.29, 1.82) is 0 Å². The van der Waals surface area contributed by atoms with Gasteiger partial charge in [-0.15, -0.1) is 11.3 Å². The number of hydrogen-bond donors (Lipinski definition) is 1. The molecule has 1 unspecified atom stereocenters. The van der Waals surface area contributed by atoms with Gasteiger partial charge in [-0.3, -0.25) is 4.21 Å². The predicted molar refractivity (Wildman–Crippen MR) is 54.1 cm³/mol. The molecule has 0 aliphatic rings. The molecule has 0 radical (unpaired) electrons. The molecule has 11 heavy (non-hydrogen) atoms. The average Bonchev–Trinajstić information content (AvgIpc) is 2.30. The fourth-order valence-corrected chi connectivity index (χ4v) is 3.24. The fourth-order valence-electron chi connectivity index (χ4n) is 0.893. The summed E-state index contributed by atoms with van der Waals surface area (Å²) < 4.78 is 12.1. The average molecular weight is 206 g/mol. The summed E-state index contributed by atoms with van der Waals surface area (Å²) in [6.45, 7) is 1.99. The quantitative estimate of drug-likeness (QED) is 0.734. The van der Waals surface area contributed by atoms with Gasteiger partial charge in [0, 0.05) is 16.9 Å². The number of rotatable bonds is 2. The molecule has 0 aliphatic heterocycles. The van der Waals surface area contributed by atoms with Crippen LogP contribution >= 0.6 is 24.0 Å². The van der Waals surface area contributed by atoms with Gasteiger partial charge < -0.3 is 0 Å². The van der Waals surface area contributed by atoms with Crippen LogP contribution < -0.4 is 0 Å². The second-order valence-corrected chi connectivity index (χ2v) is 5.32. The zero-order valence-electron chi connectivity index (χ0n) is 6.46. The summed E-state index contributed by atoms with van der Waals surface area (Å²) in [6.07, 6.45) is 1.71. The van der Waals surface area contributed by atoms with Crippen molar-refractivity contribution in [2.24, 2.45) is 0 Å². The van der Waals surface area contributed by atoms with Gasteiger partial charge in [-0.05, 0) is 18.6 Å². The van der Waals surface area contributed by atoms with Crippen molar-refractivity contribution in [3.05, 3.63) is 16.5 Å². The van der Waals surface area contributed by atoms with Gasteiger partial charge >= 0.3 is 0 Å².